The summed E-state index contributed by atoms with van der Waals surface area (Å²) in [5.41, 5.74) is 1.91. The van der Waals surface area contributed by atoms with E-state index < -0.39 is 11.6 Å². The maximum absolute atomic E-state index is 13.6. The Hall–Kier alpha value is -2.18. The van der Waals surface area contributed by atoms with Crippen LogP contribution in [0, 0.1) is 18.6 Å². The minimum absolute atomic E-state index is 0.00630. The van der Waals surface area contributed by atoms with Crippen LogP contribution < -0.4 is 10.6 Å². The Morgan fingerprint density at radius 2 is 1.95 bits per heavy atom. The van der Waals surface area contributed by atoms with E-state index in [2.05, 4.69) is 20.7 Å². The molecule has 0 aliphatic carbocycles. The molecule has 19 heavy (non-hydrogen) atoms. The highest BCUT2D eigenvalue weighted by Gasteiger charge is 2.11. The summed E-state index contributed by atoms with van der Waals surface area (Å²) in [6, 6.07) is 0.803. The number of halogens is 2. The SMILES string of the molecule is CNc1nc(NCc2cnn(C)c2C)c(F)cc1F. The van der Waals surface area contributed by atoms with Gasteiger partial charge in [0.2, 0.25) is 0 Å². The Morgan fingerprint density at radius 1 is 1.26 bits per heavy atom. The highest BCUT2D eigenvalue weighted by atomic mass is 19.1. The second kappa shape index (κ2) is 5.21. The van der Waals surface area contributed by atoms with E-state index in [1.807, 2.05) is 14.0 Å². The summed E-state index contributed by atoms with van der Waals surface area (Å²) in [7, 11) is 3.35. The summed E-state index contributed by atoms with van der Waals surface area (Å²) in [6.07, 6.45) is 1.70. The highest BCUT2D eigenvalue weighted by Crippen LogP contribution is 2.19. The van der Waals surface area contributed by atoms with E-state index in [-0.39, 0.29) is 11.6 Å². The summed E-state index contributed by atoms with van der Waals surface area (Å²) >= 11 is 0. The fourth-order valence-corrected chi connectivity index (χ4v) is 1.66. The number of aryl methyl sites for hydroxylation is 1. The highest BCUT2D eigenvalue weighted by molar-refractivity contribution is 5.47. The number of anilines is 2. The van der Waals surface area contributed by atoms with Gasteiger partial charge in [-0.25, -0.2) is 13.8 Å². The zero-order chi connectivity index (χ0) is 14.0. The number of hydrogen-bond acceptors (Lipinski definition) is 4. The van der Waals surface area contributed by atoms with Gasteiger partial charge in [0.1, 0.15) is 0 Å². The molecule has 0 saturated heterocycles. The van der Waals surface area contributed by atoms with Crippen LogP contribution in [0.5, 0.6) is 0 Å². The normalized spacial score (nSPS) is 10.6. The maximum Gasteiger partial charge on any atom is 0.168 e. The predicted octanol–water partition coefficient (Wildman–Crippen LogP) is 2.06. The smallest absolute Gasteiger partial charge is 0.168 e. The van der Waals surface area contributed by atoms with Gasteiger partial charge in [0.15, 0.2) is 23.3 Å². The van der Waals surface area contributed by atoms with Gasteiger partial charge in [-0.3, -0.25) is 4.68 Å². The van der Waals surface area contributed by atoms with Crippen molar-refractivity contribution >= 4 is 11.6 Å². The summed E-state index contributed by atoms with van der Waals surface area (Å²) in [6.45, 7) is 2.29. The van der Waals surface area contributed by atoms with Gasteiger partial charge in [-0.05, 0) is 6.92 Å². The van der Waals surface area contributed by atoms with E-state index in [0.29, 0.717) is 6.54 Å². The third kappa shape index (κ3) is 2.64. The van der Waals surface area contributed by atoms with Crippen LogP contribution in [0.1, 0.15) is 11.3 Å². The molecular formula is C12H15F2N5. The number of aromatic nitrogens is 3. The molecule has 2 N–H and O–H groups in total. The summed E-state index contributed by atoms with van der Waals surface area (Å²) < 4.78 is 28.5. The van der Waals surface area contributed by atoms with Crippen LogP contribution in [0.4, 0.5) is 20.4 Å². The largest absolute Gasteiger partial charge is 0.371 e. The lowest BCUT2D eigenvalue weighted by Gasteiger charge is -2.09. The molecule has 0 saturated carbocycles. The van der Waals surface area contributed by atoms with Crippen molar-refractivity contribution < 1.29 is 8.78 Å². The first-order valence-electron chi connectivity index (χ1n) is 5.78. The molecule has 102 valence electrons. The summed E-state index contributed by atoms with van der Waals surface area (Å²) in [5.74, 6) is -1.43. The molecule has 2 rings (SSSR count). The number of hydrogen-bond donors (Lipinski definition) is 2. The molecule has 2 heterocycles. The maximum atomic E-state index is 13.6. The number of pyridine rings is 1. The fourth-order valence-electron chi connectivity index (χ4n) is 1.66. The lowest BCUT2D eigenvalue weighted by atomic mass is 10.2. The molecule has 0 spiro atoms. The van der Waals surface area contributed by atoms with E-state index in [4.69, 9.17) is 0 Å². The van der Waals surface area contributed by atoms with Crippen LogP contribution in [0.3, 0.4) is 0 Å². The van der Waals surface area contributed by atoms with E-state index in [0.717, 1.165) is 17.3 Å². The Balaban J connectivity index is 2.17. The van der Waals surface area contributed by atoms with Crippen molar-refractivity contribution in [3.63, 3.8) is 0 Å². The summed E-state index contributed by atoms with van der Waals surface area (Å²) in [5, 5.41) is 9.50. The van der Waals surface area contributed by atoms with E-state index in [9.17, 15) is 8.78 Å². The van der Waals surface area contributed by atoms with Crippen LogP contribution >= 0.6 is 0 Å². The van der Waals surface area contributed by atoms with Gasteiger partial charge in [0.05, 0.1) is 6.20 Å². The number of rotatable bonds is 4. The molecule has 0 radical (unpaired) electrons. The van der Waals surface area contributed by atoms with Gasteiger partial charge < -0.3 is 10.6 Å². The van der Waals surface area contributed by atoms with Crippen LogP contribution in [0.2, 0.25) is 0 Å². The van der Waals surface area contributed by atoms with Crippen molar-refractivity contribution in [3.05, 3.63) is 35.2 Å². The molecule has 0 aromatic carbocycles. The minimum atomic E-state index is -0.724. The fraction of sp³-hybridized carbons (Fsp3) is 0.333. The molecule has 0 fully saturated rings. The molecule has 0 aliphatic rings. The van der Waals surface area contributed by atoms with Crippen molar-refractivity contribution in [2.75, 3.05) is 17.7 Å². The molecule has 0 atom stereocenters. The molecule has 5 nitrogen and oxygen atoms in total. The van der Waals surface area contributed by atoms with Gasteiger partial charge in [0, 0.05) is 38.0 Å². The first-order chi connectivity index (χ1) is 9.02. The summed E-state index contributed by atoms with van der Waals surface area (Å²) in [4.78, 5) is 3.84. The number of nitrogens with one attached hydrogen (secondary N) is 2. The lowest BCUT2D eigenvalue weighted by Crippen LogP contribution is -2.07. The standard InChI is InChI=1S/C12H15F2N5/c1-7-8(6-17-19(7)3)5-16-12-10(14)4-9(13)11(15-2)18-12/h4,6H,5H2,1-3H3,(H2,15,16,18). The van der Waals surface area contributed by atoms with E-state index in [1.165, 1.54) is 7.05 Å². The predicted molar refractivity (Wildman–Crippen MR) is 69.0 cm³/mol. The number of nitrogens with zero attached hydrogens (tertiary/aromatic N) is 3. The molecule has 0 bridgehead atoms. The van der Waals surface area contributed by atoms with Crippen molar-refractivity contribution in [2.24, 2.45) is 7.05 Å². The third-order valence-corrected chi connectivity index (χ3v) is 2.95. The van der Waals surface area contributed by atoms with Crippen LogP contribution in [-0.2, 0) is 13.6 Å². The van der Waals surface area contributed by atoms with Gasteiger partial charge in [0.25, 0.3) is 0 Å². The Morgan fingerprint density at radius 3 is 2.53 bits per heavy atom. The van der Waals surface area contributed by atoms with Crippen LogP contribution in [0.15, 0.2) is 12.3 Å². The Kier molecular flexibility index (Phi) is 3.64. The average Bonchev–Trinajstić information content (AvgIpc) is 2.69. The average molecular weight is 267 g/mol. The van der Waals surface area contributed by atoms with E-state index in [1.54, 1.807) is 10.9 Å². The molecule has 2 aromatic rings. The second-order valence-electron chi connectivity index (χ2n) is 4.13. The molecular weight excluding hydrogens is 252 g/mol. The Labute approximate surface area is 109 Å². The molecule has 0 unspecified atom stereocenters. The van der Waals surface area contributed by atoms with Crippen molar-refractivity contribution in [1.82, 2.24) is 14.8 Å². The first-order valence-corrected chi connectivity index (χ1v) is 5.78. The Bertz CT molecular complexity index is 594. The van der Waals surface area contributed by atoms with Gasteiger partial charge in [-0.15, -0.1) is 0 Å². The molecule has 2 aromatic heterocycles. The second-order valence-corrected chi connectivity index (χ2v) is 4.13. The van der Waals surface area contributed by atoms with Crippen LogP contribution in [0.25, 0.3) is 0 Å². The lowest BCUT2D eigenvalue weighted by molar-refractivity contribution is 0.578. The quantitative estimate of drug-likeness (QED) is 0.890. The van der Waals surface area contributed by atoms with Crippen molar-refractivity contribution in [3.8, 4) is 0 Å². The van der Waals surface area contributed by atoms with Crippen LogP contribution in [-0.4, -0.2) is 21.8 Å². The van der Waals surface area contributed by atoms with Gasteiger partial charge in [-0.2, -0.15) is 5.10 Å². The van der Waals surface area contributed by atoms with Crippen molar-refractivity contribution in [1.29, 1.82) is 0 Å². The zero-order valence-electron chi connectivity index (χ0n) is 11.0. The third-order valence-electron chi connectivity index (χ3n) is 2.95. The minimum Gasteiger partial charge on any atom is -0.371 e. The monoisotopic (exact) mass is 267 g/mol. The topological polar surface area (TPSA) is 54.8 Å². The zero-order valence-corrected chi connectivity index (χ0v) is 11.0. The first kappa shape index (κ1) is 13.3. The van der Waals surface area contributed by atoms with E-state index >= 15 is 0 Å². The van der Waals surface area contributed by atoms with Gasteiger partial charge >= 0.3 is 0 Å². The molecule has 0 amide bonds. The molecule has 0 aliphatic heterocycles. The van der Waals surface area contributed by atoms with Gasteiger partial charge in [-0.1, -0.05) is 0 Å². The molecule has 7 heteroatoms. The van der Waals surface area contributed by atoms with Crippen molar-refractivity contribution in [2.45, 2.75) is 13.5 Å².